The van der Waals surface area contributed by atoms with Crippen molar-refractivity contribution in [2.75, 3.05) is 7.11 Å². The van der Waals surface area contributed by atoms with Gasteiger partial charge in [0.25, 0.3) is 0 Å². The molecule has 1 aromatic rings. The van der Waals surface area contributed by atoms with Crippen LogP contribution in [0.25, 0.3) is 0 Å². The van der Waals surface area contributed by atoms with Crippen molar-refractivity contribution >= 4 is 5.97 Å². The van der Waals surface area contributed by atoms with Crippen molar-refractivity contribution in [2.24, 2.45) is 0 Å². The van der Waals surface area contributed by atoms with E-state index < -0.39 is 0 Å². The van der Waals surface area contributed by atoms with Gasteiger partial charge in [-0.15, -0.1) is 0 Å². The van der Waals surface area contributed by atoms with E-state index in [0.29, 0.717) is 11.7 Å². The largest absolute Gasteiger partial charge is 0.459 e. The van der Waals surface area contributed by atoms with Crippen molar-refractivity contribution in [1.29, 1.82) is 0 Å². The summed E-state index contributed by atoms with van der Waals surface area (Å²) >= 11 is 0. The van der Waals surface area contributed by atoms with Crippen molar-refractivity contribution in [3.8, 4) is 0 Å². The summed E-state index contributed by atoms with van der Waals surface area (Å²) in [4.78, 5) is 12.1. The van der Waals surface area contributed by atoms with E-state index in [9.17, 15) is 4.79 Å². The maximum atomic E-state index is 12.1. The van der Waals surface area contributed by atoms with E-state index in [2.05, 4.69) is 66.0 Å². The highest BCUT2D eigenvalue weighted by atomic mass is 16.5. The molecule has 5 heteroatoms. The lowest BCUT2D eigenvalue weighted by molar-refractivity contribution is -0.00642. The first-order valence-electron chi connectivity index (χ1n) is 11.5. The smallest absolute Gasteiger partial charge is 0.338 e. The van der Waals surface area contributed by atoms with E-state index >= 15 is 0 Å². The van der Waals surface area contributed by atoms with Crippen LogP contribution < -0.4 is 10.6 Å². The topological polar surface area (TPSA) is 59.6 Å². The second kappa shape index (κ2) is 9.60. The van der Waals surface area contributed by atoms with E-state index in [-0.39, 0.29) is 34.2 Å². The average Bonchev–Trinajstić information content (AvgIpc) is 2.57. The summed E-state index contributed by atoms with van der Waals surface area (Å²) in [5.74, 6) is -0.223. The molecule has 31 heavy (non-hydrogen) atoms. The Hall–Kier alpha value is -1.43. The third kappa shape index (κ3) is 8.55. The average molecular weight is 433 g/mol. The number of nitrogens with one attached hydrogen (secondary N) is 2. The lowest BCUT2D eigenvalue weighted by Gasteiger charge is -2.45. The predicted octanol–water partition coefficient (Wildman–Crippen LogP) is 5.09. The molecule has 5 nitrogen and oxygen atoms in total. The number of piperidine rings is 2. The van der Waals surface area contributed by atoms with Crippen LogP contribution in [0.4, 0.5) is 0 Å². The maximum absolute atomic E-state index is 12.1. The zero-order chi connectivity index (χ0) is 23.5. The minimum absolute atomic E-state index is 0.0105. The van der Waals surface area contributed by atoms with Crippen LogP contribution in [-0.2, 0) is 9.47 Å². The first-order chi connectivity index (χ1) is 14.1. The predicted molar refractivity (Wildman–Crippen MR) is 127 cm³/mol. The quantitative estimate of drug-likeness (QED) is 0.651. The molecule has 3 rings (SSSR count). The standard InChI is InChI=1S/C16H23NO2.C10H21NO/c1-15(2)10-13(11-16(3,4)17-15)19-14(18)12-8-6-5-7-9-12;1-9(2)6-8(12-5)7-10(3,4)11-9/h5-9,13,17H,10-11H2,1-4H3;8,11H,6-7H2,1-5H3. The Bertz CT molecular complexity index is 693. The minimum Gasteiger partial charge on any atom is -0.459 e. The molecule has 2 saturated heterocycles. The van der Waals surface area contributed by atoms with Crippen LogP contribution in [0.5, 0.6) is 0 Å². The second-order valence-electron chi connectivity index (χ2n) is 11.9. The van der Waals surface area contributed by atoms with Crippen LogP contribution >= 0.6 is 0 Å². The number of carbonyl (C=O) groups excluding carboxylic acids is 1. The molecule has 0 aromatic heterocycles. The molecule has 0 bridgehead atoms. The molecule has 176 valence electrons. The SMILES string of the molecule is CC1(C)CC(OC(=O)c2ccccc2)CC(C)(C)N1.COC1CC(C)(C)NC(C)(C)C1. The Morgan fingerprint density at radius 3 is 1.52 bits per heavy atom. The van der Waals surface area contributed by atoms with E-state index in [0.717, 1.165) is 25.7 Å². The normalized spacial score (nSPS) is 24.5. The fraction of sp³-hybridized carbons (Fsp3) is 0.731. The van der Waals surface area contributed by atoms with Crippen LogP contribution in [0.1, 0.15) is 91.4 Å². The lowest BCUT2D eigenvalue weighted by Crippen LogP contribution is -2.59. The highest BCUT2D eigenvalue weighted by molar-refractivity contribution is 5.89. The monoisotopic (exact) mass is 432 g/mol. The molecule has 0 aliphatic carbocycles. The van der Waals surface area contributed by atoms with Crippen LogP contribution in [-0.4, -0.2) is 47.4 Å². The molecule has 2 aliphatic heterocycles. The molecule has 0 radical (unpaired) electrons. The van der Waals surface area contributed by atoms with E-state index in [1.165, 1.54) is 0 Å². The third-order valence-electron chi connectivity index (χ3n) is 5.92. The summed E-state index contributed by atoms with van der Waals surface area (Å²) in [5.41, 5.74) is 1.02. The number of ether oxygens (including phenoxy) is 2. The van der Waals surface area contributed by atoms with Crippen molar-refractivity contribution < 1.29 is 14.3 Å². The van der Waals surface area contributed by atoms with Gasteiger partial charge in [0.1, 0.15) is 6.10 Å². The number of benzene rings is 1. The summed E-state index contributed by atoms with van der Waals surface area (Å²) < 4.78 is 11.1. The Labute approximate surface area is 189 Å². The van der Waals surface area contributed by atoms with Gasteiger partial charge >= 0.3 is 5.97 Å². The van der Waals surface area contributed by atoms with Gasteiger partial charge in [-0.3, -0.25) is 0 Å². The van der Waals surface area contributed by atoms with Gasteiger partial charge in [-0.1, -0.05) is 18.2 Å². The lowest BCUT2D eigenvalue weighted by atomic mass is 9.81. The summed E-state index contributed by atoms with van der Waals surface area (Å²) in [7, 11) is 1.81. The summed E-state index contributed by atoms with van der Waals surface area (Å²) in [6.45, 7) is 17.5. The number of hydrogen-bond acceptors (Lipinski definition) is 5. The zero-order valence-electron chi connectivity index (χ0n) is 21.1. The van der Waals surface area contributed by atoms with Gasteiger partial charge in [0.15, 0.2) is 0 Å². The first kappa shape index (κ1) is 25.8. The van der Waals surface area contributed by atoms with Gasteiger partial charge in [0.05, 0.1) is 11.7 Å². The minimum atomic E-state index is -0.223. The van der Waals surface area contributed by atoms with E-state index in [1.807, 2.05) is 25.3 Å². The Kier molecular flexibility index (Phi) is 8.00. The molecule has 2 heterocycles. The maximum Gasteiger partial charge on any atom is 0.338 e. The molecule has 0 spiro atoms. The Morgan fingerprint density at radius 2 is 1.13 bits per heavy atom. The molecule has 0 unspecified atom stereocenters. The molecule has 2 aliphatic rings. The third-order valence-corrected chi connectivity index (χ3v) is 5.92. The van der Waals surface area contributed by atoms with Gasteiger partial charge in [-0.05, 0) is 80.4 Å². The number of carbonyl (C=O) groups is 1. The summed E-state index contributed by atoms with van der Waals surface area (Å²) in [6.07, 6.45) is 4.28. The van der Waals surface area contributed by atoms with Crippen LogP contribution in [0, 0.1) is 0 Å². The number of hydrogen-bond donors (Lipinski definition) is 2. The Balaban J connectivity index is 0.000000245. The molecule has 2 fully saturated rings. The molecular weight excluding hydrogens is 388 g/mol. The highest BCUT2D eigenvalue weighted by Crippen LogP contribution is 2.31. The first-order valence-corrected chi connectivity index (χ1v) is 11.5. The zero-order valence-corrected chi connectivity index (χ0v) is 21.1. The number of methoxy groups -OCH3 is 1. The van der Waals surface area contributed by atoms with E-state index in [1.54, 1.807) is 12.1 Å². The summed E-state index contributed by atoms with van der Waals surface area (Å²) in [5, 5.41) is 7.20. The van der Waals surface area contributed by atoms with E-state index in [4.69, 9.17) is 9.47 Å². The fourth-order valence-electron chi connectivity index (χ4n) is 5.50. The number of rotatable bonds is 3. The molecule has 0 saturated carbocycles. The van der Waals surface area contributed by atoms with Crippen LogP contribution in [0.15, 0.2) is 30.3 Å². The van der Waals surface area contributed by atoms with Gasteiger partial charge in [0, 0.05) is 42.1 Å². The second-order valence-corrected chi connectivity index (χ2v) is 11.9. The van der Waals surface area contributed by atoms with Gasteiger partial charge in [-0.25, -0.2) is 4.79 Å². The summed E-state index contributed by atoms with van der Waals surface area (Å²) in [6, 6.07) is 9.19. The molecular formula is C26H44N2O3. The van der Waals surface area contributed by atoms with Gasteiger partial charge in [-0.2, -0.15) is 0 Å². The van der Waals surface area contributed by atoms with Crippen LogP contribution in [0.3, 0.4) is 0 Å². The van der Waals surface area contributed by atoms with Crippen molar-refractivity contribution in [2.45, 2.75) is 115 Å². The van der Waals surface area contributed by atoms with Crippen LogP contribution in [0.2, 0.25) is 0 Å². The molecule has 2 N–H and O–H groups in total. The van der Waals surface area contributed by atoms with Gasteiger partial charge in [0.2, 0.25) is 0 Å². The fourth-order valence-corrected chi connectivity index (χ4v) is 5.50. The van der Waals surface area contributed by atoms with Crippen molar-refractivity contribution in [1.82, 2.24) is 10.6 Å². The Morgan fingerprint density at radius 1 is 0.742 bits per heavy atom. The molecule has 0 atom stereocenters. The van der Waals surface area contributed by atoms with Crippen molar-refractivity contribution in [3.63, 3.8) is 0 Å². The van der Waals surface area contributed by atoms with Gasteiger partial charge < -0.3 is 20.1 Å². The number of esters is 1. The molecule has 0 amide bonds. The van der Waals surface area contributed by atoms with Crippen molar-refractivity contribution in [3.05, 3.63) is 35.9 Å². The highest BCUT2D eigenvalue weighted by Gasteiger charge is 2.39. The molecule has 1 aromatic carbocycles.